The lowest BCUT2D eigenvalue weighted by molar-refractivity contribution is 0.0396. The summed E-state index contributed by atoms with van der Waals surface area (Å²) in [6.07, 6.45) is 1.86. The second-order valence-corrected chi connectivity index (χ2v) is 9.90. The molecule has 2 unspecified atom stereocenters. The number of nitrogens with two attached hydrogens (primary N) is 1. The number of hydrogen-bond acceptors (Lipinski definition) is 7. The van der Waals surface area contributed by atoms with Crippen molar-refractivity contribution in [3.63, 3.8) is 0 Å². The molecule has 0 saturated carbocycles. The summed E-state index contributed by atoms with van der Waals surface area (Å²) in [5.74, 6) is 0.521. The molecule has 2 aromatic carbocycles. The summed E-state index contributed by atoms with van der Waals surface area (Å²) >= 11 is 0. The van der Waals surface area contributed by atoms with E-state index >= 15 is 0 Å². The van der Waals surface area contributed by atoms with Crippen LogP contribution in [0.25, 0.3) is 22.2 Å². The number of benzene rings is 2. The fourth-order valence-corrected chi connectivity index (χ4v) is 4.59. The number of carbonyl (C=O) groups excluding carboxylic acids is 1. The zero-order valence-corrected chi connectivity index (χ0v) is 20.9. The molecule has 3 heterocycles. The smallest absolute Gasteiger partial charge is 0.163 e. The van der Waals surface area contributed by atoms with Gasteiger partial charge in [-0.3, -0.25) is 9.78 Å². The Morgan fingerprint density at radius 1 is 1.24 bits per heavy atom. The van der Waals surface area contributed by atoms with Crippen LogP contribution in [0.2, 0.25) is 0 Å². The first-order valence-corrected chi connectivity index (χ1v) is 12.0. The minimum atomic E-state index is -1.44. The monoisotopic (exact) mass is 501 g/mol. The van der Waals surface area contributed by atoms with E-state index in [-0.39, 0.29) is 31.0 Å². The predicted molar refractivity (Wildman–Crippen MR) is 138 cm³/mol. The van der Waals surface area contributed by atoms with Gasteiger partial charge in [-0.1, -0.05) is 6.07 Å². The minimum absolute atomic E-state index is 0.0724. The van der Waals surface area contributed by atoms with Gasteiger partial charge in [-0.05, 0) is 68.8 Å². The van der Waals surface area contributed by atoms with Crippen LogP contribution in [0.3, 0.4) is 0 Å². The molecule has 1 aliphatic rings. The van der Waals surface area contributed by atoms with Gasteiger partial charge in [-0.2, -0.15) is 0 Å². The number of ether oxygens (including phenoxy) is 2. The zero-order chi connectivity index (χ0) is 26.4. The number of carbonyl (C=O) groups is 1. The summed E-state index contributed by atoms with van der Waals surface area (Å²) in [5.41, 5.74) is 7.58. The first-order valence-electron chi connectivity index (χ1n) is 12.0. The van der Waals surface area contributed by atoms with E-state index in [9.17, 15) is 14.3 Å². The van der Waals surface area contributed by atoms with E-state index in [1.807, 2.05) is 13.0 Å². The van der Waals surface area contributed by atoms with Crippen molar-refractivity contribution in [2.45, 2.75) is 37.8 Å². The summed E-state index contributed by atoms with van der Waals surface area (Å²) in [6.45, 7) is 3.72. The van der Waals surface area contributed by atoms with Crippen molar-refractivity contribution in [3.05, 3.63) is 83.4 Å². The Morgan fingerprint density at radius 2 is 2.00 bits per heavy atom. The van der Waals surface area contributed by atoms with Gasteiger partial charge in [0.2, 0.25) is 0 Å². The molecule has 0 radical (unpaired) electrons. The van der Waals surface area contributed by atoms with Crippen LogP contribution < -0.4 is 15.2 Å². The first kappa shape index (κ1) is 24.8. The molecule has 0 fully saturated rings. The second-order valence-electron chi connectivity index (χ2n) is 9.90. The van der Waals surface area contributed by atoms with E-state index in [0.717, 1.165) is 5.39 Å². The Hall–Kier alpha value is -3.88. The van der Waals surface area contributed by atoms with Gasteiger partial charge in [0, 0.05) is 34.7 Å². The van der Waals surface area contributed by atoms with Gasteiger partial charge in [-0.25, -0.2) is 9.37 Å². The van der Waals surface area contributed by atoms with Crippen LogP contribution in [-0.2, 0) is 11.1 Å². The molecule has 7 nitrogen and oxygen atoms in total. The van der Waals surface area contributed by atoms with Crippen LogP contribution in [0.15, 0.2) is 60.8 Å². The van der Waals surface area contributed by atoms with Crippen LogP contribution in [0.5, 0.6) is 11.5 Å². The number of rotatable bonds is 7. The SMILES string of the molecule is COc1cc(C(=O)CCC(C)(O)c2cc3c(c(-c4ccc(F)cc4)n2)OCC3(C)N)cc2cccnc12. The normalized spacial score (nSPS) is 18.2. The molecule has 1 aliphatic heterocycles. The number of aliphatic hydroxyl groups is 1. The van der Waals surface area contributed by atoms with Crippen LogP contribution in [0.1, 0.15) is 48.3 Å². The maximum absolute atomic E-state index is 13.6. The average Bonchev–Trinajstić information content (AvgIpc) is 3.21. The Kier molecular flexibility index (Phi) is 6.17. The van der Waals surface area contributed by atoms with Crippen LogP contribution in [0, 0.1) is 5.82 Å². The molecule has 5 rings (SSSR count). The number of hydrogen-bond donors (Lipinski definition) is 2. The Balaban J connectivity index is 1.46. The third kappa shape index (κ3) is 4.65. The van der Waals surface area contributed by atoms with Crippen LogP contribution >= 0.6 is 0 Å². The molecule has 8 heteroatoms. The Bertz CT molecular complexity index is 1500. The van der Waals surface area contributed by atoms with Crippen molar-refractivity contribution < 1.29 is 23.8 Å². The summed E-state index contributed by atoms with van der Waals surface area (Å²) < 4.78 is 24.9. The fourth-order valence-electron chi connectivity index (χ4n) is 4.59. The van der Waals surface area contributed by atoms with E-state index in [1.165, 1.54) is 19.2 Å². The largest absolute Gasteiger partial charge is 0.494 e. The quantitative estimate of drug-likeness (QED) is 0.348. The third-order valence-electron chi connectivity index (χ3n) is 6.82. The van der Waals surface area contributed by atoms with Gasteiger partial charge in [0.05, 0.1) is 18.3 Å². The molecule has 0 aliphatic carbocycles. The number of fused-ring (bicyclic) bond motifs is 2. The number of pyridine rings is 2. The van der Waals surface area contributed by atoms with E-state index < -0.39 is 11.1 Å². The number of Topliss-reactive ketones (excluding diaryl/α,β-unsaturated/α-hetero) is 1. The maximum Gasteiger partial charge on any atom is 0.163 e. The Morgan fingerprint density at radius 3 is 2.73 bits per heavy atom. The molecule has 3 N–H and O–H groups in total. The zero-order valence-electron chi connectivity index (χ0n) is 20.9. The van der Waals surface area contributed by atoms with Gasteiger partial charge in [-0.15, -0.1) is 0 Å². The molecule has 0 bridgehead atoms. The standard InChI is InChI=1S/C29H28FN3O4/c1-28(31)16-37-27-21(28)15-24(33-26(27)17-6-8-20(30)9-7-17)29(2,35)11-10-22(34)19-13-18-5-4-12-32-25(18)23(14-19)36-3/h4-9,12-15,35H,10-11,16,31H2,1-3H3. The topological polar surface area (TPSA) is 108 Å². The molecular weight excluding hydrogens is 473 g/mol. The van der Waals surface area contributed by atoms with Crippen molar-refractivity contribution in [1.82, 2.24) is 9.97 Å². The highest BCUT2D eigenvalue weighted by Crippen LogP contribution is 2.44. The van der Waals surface area contributed by atoms with E-state index in [0.29, 0.717) is 45.1 Å². The molecule has 0 amide bonds. The van der Waals surface area contributed by atoms with Crippen molar-refractivity contribution in [3.8, 4) is 22.8 Å². The van der Waals surface area contributed by atoms with Gasteiger partial charge in [0.15, 0.2) is 11.5 Å². The predicted octanol–water partition coefficient (Wildman–Crippen LogP) is 4.88. The van der Waals surface area contributed by atoms with Crippen molar-refractivity contribution in [2.75, 3.05) is 13.7 Å². The van der Waals surface area contributed by atoms with Gasteiger partial charge < -0.3 is 20.3 Å². The number of methoxy groups -OCH3 is 1. The molecular formula is C29H28FN3O4. The average molecular weight is 502 g/mol. The molecule has 2 aromatic heterocycles. The molecule has 4 aromatic rings. The van der Waals surface area contributed by atoms with E-state index in [2.05, 4.69) is 4.98 Å². The molecule has 190 valence electrons. The molecule has 0 saturated heterocycles. The highest BCUT2D eigenvalue weighted by molar-refractivity contribution is 6.01. The van der Waals surface area contributed by atoms with Gasteiger partial charge in [0.25, 0.3) is 0 Å². The number of aromatic nitrogens is 2. The van der Waals surface area contributed by atoms with Gasteiger partial charge in [0.1, 0.15) is 35.0 Å². The summed E-state index contributed by atoms with van der Waals surface area (Å²) in [7, 11) is 1.54. The lowest BCUT2D eigenvalue weighted by Gasteiger charge is -2.25. The van der Waals surface area contributed by atoms with Gasteiger partial charge >= 0.3 is 0 Å². The molecule has 37 heavy (non-hydrogen) atoms. The molecule has 2 atom stereocenters. The first-order chi connectivity index (χ1) is 17.6. The number of nitrogens with zero attached hydrogens (tertiary/aromatic N) is 2. The number of halogens is 1. The lowest BCUT2D eigenvalue weighted by Crippen LogP contribution is -2.35. The number of ketones is 1. The van der Waals surface area contributed by atoms with E-state index in [1.54, 1.807) is 49.5 Å². The van der Waals surface area contributed by atoms with Crippen LogP contribution in [-0.4, -0.2) is 34.6 Å². The molecule has 0 spiro atoms. The second kappa shape index (κ2) is 9.21. The highest BCUT2D eigenvalue weighted by Gasteiger charge is 2.38. The highest BCUT2D eigenvalue weighted by atomic mass is 19.1. The fraction of sp³-hybridized carbons (Fsp3) is 0.276. The van der Waals surface area contributed by atoms with Crippen molar-refractivity contribution in [1.29, 1.82) is 0 Å². The Labute approximate surface area is 214 Å². The van der Waals surface area contributed by atoms with Crippen LogP contribution in [0.4, 0.5) is 4.39 Å². The minimum Gasteiger partial charge on any atom is -0.494 e. The summed E-state index contributed by atoms with van der Waals surface area (Å²) in [4.78, 5) is 22.2. The lowest BCUT2D eigenvalue weighted by atomic mass is 9.88. The van der Waals surface area contributed by atoms with E-state index in [4.69, 9.17) is 20.2 Å². The third-order valence-corrected chi connectivity index (χ3v) is 6.82. The maximum atomic E-state index is 13.6. The summed E-state index contributed by atoms with van der Waals surface area (Å²) in [6, 6.07) is 14.8. The summed E-state index contributed by atoms with van der Waals surface area (Å²) in [5, 5.41) is 12.3. The van der Waals surface area contributed by atoms with Crippen molar-refractivity contribution in [2.24, 2.45) is 5.73 Å². The van der Waals surface area contributed by atoms with Crippen molar-refractivity contribution >= 4 is 16.7 Å².